The second-order valence-electron chi connectivity index (χ2n) is 6.30. The Kier molecular flexibility index (Phi) is 5.17. The van der Waals surface area contributed by atoms with Crippen molar-refractivity contribution in [2.45, 2.75) is 19.9 Å². The molecule has 0 aromatic carbocycles. The third-order valence-corrected chi connectivity index (χ3v) is 4.04. The van der Waals surface area contributed by atoms with Crippen molar-refractivity contribution in [2.24, 2.45) is 10.7 Å². The summed E-state index contributed by atoms with van der Waals surface area (Å²) in [5, 5.41) is 0. The summed E-state index contributed by atoms with van der Waals surface area (Å²) in [6.07, 6.45) is 7.41. The molecule has 0 bridgehead atoms. The van der Waals surface area contributed by atoms with E-state index in [2.05, 4.69) is 24.8 Å². The first-order valence-electron chi connectivity index (χ1n) is 8.59. The third kappa shape index (κ3) is 3.25. The summed E-state index contributed by atoms with van der Waals surface area (Å²) in [6.45, 7) is 4.11. The molecule has 0 amide bonds. The average Bonchev–Trinajstić information content (AvgIpc) is 3.25. The van der Waals surface area contributed by atoms with E-state index >= 15 is 0 Å². The van der Waals surface area contributed by atoms with Crippen molar-refractivity contribution in [3.63, 3.8) is 0 Å². The van der Waals surface area contributed by atoms with Crippen LogP contribution in [0.1, 0.15) is 19.2 Å². The second kappa shape index (κ2) is 7.52. The van der Waals surface area contributed by atoms with Gasteiger partial charge in [0.25, 0.3) is 5.56 Å². The Hall–Kier alpha value is -2.94. The van der Waals surface area contributed by atoms with Crippen LogP contribution in [0.4, 0.5) is 0 Å². The Labute approximate surface area is 150 Å². The Balaban J connectivity index is 2.06. The molecule has 0 fully saturated rings. The molecule has 0 atom stereocenters. The second-order valence-corrected chi connectivity index (χ2v) is 6.30. The van der Waals surface area contributed by atoms with Crippen LogP contribution in [-0.2, 0) is 6.54 Å². The molecule has 3 rings (SSSR count). The van der Waals surface area contributed by atoms with Crippen LogP contribution in [0.25, 0.3) is 22.5 Å². The number of nitrogens with zero attached hydrogens (tertiary/aromatic N) is 6. The zero-order valence-electron chi connectivity index (χ0n) is 15.3. The van der Waals surface area contributed by atoms with Crippen molar-refractivity contribution in [3.05, 3.63) is 34.8 Å². The third-order valence-electron chi connectivity index (χ3n) is 4.04. The number of nitrogens with two attached hydrogens (primary N) is 1. The number of aliphatic imine (C=N–C) groups is 1. The number of H-pyrrole nitrogens is 1. The molecule has 26 heavy (non-hydrogen) atoms. The molecule has 0 spiro atoms. The first kappa shape index (κ1) is 17.9. The van der Waals surface area contributed by atoms with Gasteiger partial charge in [-0.15, -0.1) is 0 Å². The van der Waals surface area contributed by atoms with Crippen molar-refractivity contribution in [1.82, 2.24) is 28.8 Å². The van der Waals surface area contributed by atoms with Crippen LogP contribution in [0.15, 0.2) is 28.4 Å². The van der Waals surface area contributed by atoms with E-state index in [0.717, 1.165) is 13.0 Å². The minimum Gasteiger partial charge on any atom is -0.404 e. The van der Waals surface area contributed by atoms with Crippen LogP contribution in [0.3, 0.4) is 0 Å². The van der Waals surface area contributed by atoms with Gasteiger partial charge in [-0.2, -0.15) is 0 Å². The van der Waals surface area contributed by atoms with Gasteiger partial charge in [0.1, 0.15) is 5.82 Å². The normalized spacial score (nSPS) is 13.0. The molecule has 0 aliphatic rings. The molecule has 9 nitrogen and oxygen atoms in total. The number of aryl methyl sites for hydroxylation is 1. The molecular weight excluding hydrogens is 332 g/mol. The highest BCUT2D eigenvalue weighted by atomic mass is 16.1. The largest absolute Gasteiger partial charge is 0.404 e. The van der Waals surface area contributed by atoms with Gasteiger partial charge in [-0.1, -0.05) is 6.92 Å². The van der Waals surface area contributed by atoms with Crippen molar-refractivity contribution in [1.29, 1.82) is 0 Å². The van der Waals surface area contributed by atoms with Crippen LogP contribution in [-0.4, -0.2) is 62.2 Å². The maximum Gasteiger partial charge on any atom is 0.280 e. The van der Waals surface area contributed by atoms with Gasteiger partial charge in [-0.05, 0) is 20.5 Å². The number of hydrogen-bond donors (Lipinski definition) is 2. The minimum atomic E-state index is -0.139. The lowest BCUT2D eigenvalue weighted by Gasteiger charge is -2.05. The fraction of sp³-hybridized carbons (Fsp3) is 0.412. The Morgan fingerprint density at radius 3 is 2.96 bits per heavy atom. The standard InChI is InChI=1S/C17H24N8O/c1-4-7-25-16(26)13-15(24-9-6-20-17(24)25)22-14(21-13)12(10-18)11-19-5-8-23(2)3/h6,9-11H,4-5,7-8,18H2,1-3H3,(H,21,22). The molecule has 0 radical (unpaired) electrons. The predicted octanol–water partition coefficient (Wildman–Crippen LogP) is 0.714. The fourth-order valence-corrected chi connectivity index (χ4v) is 2.74. The number of rotatable bonds is 7. The van der Waals surface area contributed by atoms with E-state index in [4.69, 9.17) is 5.73 Å². The first-order chi connectivity index (χ1) is 12.6. The predicted molar refractivity (Wildman–Crippen MR) is 103 cm³/mol. The van der Waals surface area contributed by atoms with Gasteiger partial charge in [0.2, 0.25) is 5.78 Å². The van der Waals surface area contributed by atoms with Gasteiger partial charge >= 0.3 is 0 Å². The SMILES string of the molecule is CCCn1c(=O)c2[nH]c(C(C=NCCN(C)C)=CN)nc2n2ccnc12. The zero-order chi connectivity index (χ0) is 18.7. The maximum absolute atomic E-state index is 12.8. The lowest BCUT2D eigenvalue weighted by Crippen LogP contribution is -2.23. The fourth-order valence-electron chi connectivity index (χ4n) is 2.74. The highest BCUT2D eigenvalue weighted by Gasteiger charge is 2.16. The lowest BCUT2D eigenvalue weighted by molar-refractivity contribution is 0.421. The van der Waals surface area contributed by atoms with Crippen molar-refractivity contribution >= 4 is 28.7 Å². The van der Waals surface area contributed by atoms with Crippen LogP contribution in [0, 0.1) is 0 Å². The van der Waals surface area contributed by atoms with Gasteiger partial charge < -0.3 is 15.6 Å². The zero-order valence-corrected chi connectivity index (χ0v) is 15.3. The van der Waals surface area contributed by atoms with Gasteiger partial charge in [0.15, 0.2) is 11.2 Å². The summed E-state index contributed by atoms with van der Waals surface area (Å²) in [5.74, 6) is 1.10. The van der Waals surface area contributed by atoms with Gasteiger partial charge in [-0.3, -0.25) is 18.8 Å². The number of aromatic amines is 1. The molecule has 0 unspecified atom stereocenters. The molecule has 3 heterocycles. The molecule has 138 valence electrons. The van der Waals surface area contributed by atoms with Gasteiger partial charge in [-0.25, -0.2) is 9.97 Å². The molecule has 9 heteroatoms. The number of allylic oxidation sites excluding steroid dienone is 1. The lowest BCUT2D eigenvalue weighted by atomic mass is 10.3. The van der Waals surface area contributed by atoms with E-state index in [1.54, 1.807) is 23.2 Å². The van der Waals surface area contributed by atoms with Gasteiger partial charge in [0, 0.05) is 37.9 Å². The smallest absolute Gasteiger partial charge is 0.280 e. The van der Waals surface area contributed by atoms with Crippen LogP contribution < -0.4 is 11.3 Å². The molecular formula is C17H24N8O. The number of hydrogen-bond acceptors (Lipinski definition) is 6. The van der Waals surface area contributed by atoms with Gasteiger partial charge in [0.05, 0.1) is 12.1 Å². The number of fused-ring (bicyclic) bond motifs is 3. The number of imidazole rings is 2. The first-order valence-corrected chi connectivity index (χ1v) is 8.59. The highest BCUT2D eigenvalue weighted by Crippen LogP contribution is 2.15. The Morgan fingerprint density at radius 2 is 2.27 bits per heavy atom. The topological polar surface area (TPSA) is 110 Å². The van der Waals surface area contributed by atoms with E-state index < -0.39 is 0 Å². The minimum absolute atomic E-state index is 0.139. The molecule has 3 N–H and O–H groups in total. The maximum atomic E-state index is 12.8. The van der Waals surface area contributed by atoms with Crippen LogP contribution >= 0.6 is 0 Å². The molecule has 3 aromatic heterocycles. The summed E-state index contributed by atoms with van der Waals surface area (Å²) >= 11 is 0. The average molecular weight is 356 g/mol. The van der Waals surface area contributed by atoms with Crippen molar-refractivity contribution < 1.29 is 0 Å². The number of aromatic nitrogens is 5. The molecule has 0 aliphatic carbocycles. The van der Waals surface area contributed by atoms with Crippen molar-refractivity contribution in [3.8, 4) is 0 Å². The molecule has 0 aliphatic heterocycles. The monoisotopic (exact) mass is 356 g/mol. The van der Waals surface area contributed by atoms with E-state index in [0.29, 0.717) is 41.4 Å². The Bertz CT molecular complexity index is 1020. The number of nitrogens with one attached hydrogen (secondary N) is 1. The summed E-state index contributed by atoms with van der Waals surface area (Å²) in [4.78, 5) is 31.2. The molecule has 0 saturated heterocycles. The summed E-state index contributed by atoms with van der Waals surface area (Å²) in [7, 11) is 3.98. The highest BCUT2D eigenvalue weighted by molar-refractivity contribution is 6.08. The van der Waals surface area contributed by atoms with E-state index in [9.17, 15) is 4.79 Å². The summed E-state index contributed by atoms with van der Waals surface area (Å²) < 4.78 is 3.46. The van der Waals surface area contributed by atoms with E-state index in [1.807, 2.05) is 25.4 Å². The quantitative estimate of drug-likeness (QED) is 0.606. The summed E-state index contributed by atoms with van der Waals surface area (Å²) in [5.41, 5.74) is 7.21. The van der Waals surface area contributed by atoms with E-state index in [1.165, 1.54) is 6.20 Å². The van der Waals surface area contributed by atoms with E-state index in [-0.39, 0.29) is 5.56 Å². The number of likely N-dealkylation sites (N-methyl/N-ethyl adjacent to an activating group) is 1. The van der Waals surface area contributed by atoms with Crippen LogP contribution in [0.2, 0.25) is 0 Å². The summed E-state index contributed by atoms with van der Waals surface area (Å²) in [6, 6.07) is 0. The van der Waals surface area contributed by atoms with Crippen LogP contribution in [0.5, 0.6) is 0 Å². The van der Waals surface area contributed by atoms with Crippen molar-refractivity contribution in [2.75, 3.05) is 27.2 Å². The molecule has 0 saturated carbocycles. The Morgan fingerprint density at radius 1 is 1.46 bits per heavy atom. The molecule has 3 aromatic rings.